The van der Waals surface area contributed by atoms with Gasteiger partial charge in [-0.15, -0.1) is 0 Å². The zero-order chi connectivity index (χ0) is 24.9. The first kappa shape index (κ1) is 22.4. The molecule has 4 amide bonds. The smallest absolute Gasteiger partial charge is 0.335 e. The Hall–Kier alpha value is -4.40. The predicted molar refractivity (Wildman–Crippen MR) is 128 cm³/mol. The van der Waals surface area contributed by atoms with Crippen molar-refractivity contribution in [1.82, 2.24) is 19.7 Å². The van der Waals surface area contributed by atoms with E-state index in [1.807, 2.05) is 18.2 Å². The van der Waals surface area contributed by atoms with Gasteiger partial charge in [0.2, 0.25) is 11.8 Å². The lowest BCUT2D eigenvalue weighted by Gasteiger charge is -2.41. The number of fused-ring (bicyclic) bond motifs is 6. The van der Waals surface area contributed by atoms with Crippen molar-refractivity contribution in [1.29, 1.82) is 0 Å². The van der Waals surface area contributed by atoms with Crippen molar-refractivity contribution in [3.05, 3.63) is 83.1 Å². The fourth-order valence-electron chi connectivity index (χ4n) is 4.97. The van der Waals surface area contributed by atoms with Gasteiger partial charge in [0.25, 0.3) is 0 Å². The first-order valence-electron chi connectivity index (χ1n) is 11.2. The molecule has 2 aromatic carbocycles. The number of aromatic nitrogens is 1. The van der Waals surface area contributed by atoms with Crippen LogP contribution in [0.4, 0.5) is 4.79 Å². The molecule has 1 saturated heterocycles. The van der Waals surface area contributed by atoms with Gasteiger partial charge in [0.15, 0.2) is 0 Å². The minimum Gasteiger partial charge on any atom is -0.478 e. The summed E-state index contributed by atoms with van der Waals surface area (Å²) in [6, 6.07) is 12.2. The molecular weight excluding hydrogens is 448 g/mol. The lowest BCUT2D eigenvalue weighted by atomic mass is 9.88. The van der Waals surface area contributed by atoms with Crippen LogP contribution < -0.4 is 5.32 Å². The summed E-state index contributed by atoms with van der Waals surface area (Å²) < 4.78 is 2.09. The Morgan fingerprint density at radius 3 is 2.54 bits per heavy atom. The van der Waals surface area contributed by atoms with Crippen molar-refractivity contribution in [3.8, 4) is 0 Å². The Morgan fingerprint density at radius 2 is 1.86 bits per heavy atom. The number of likely N-dealkylation sites (N-methyl/N-ethyl adjacent to an activating group) is 1. The van der Waals surface area contributed by atoms with Gasteiger partial charge < -0.3 is 19.9 Å². The Kier molecular flexibility index (Phi) is 5.39. The number of rotatable bonds is 6. The van der Waals surface area contributed by atoms with E-state index in [4.69, 9.17) is 0 Å². The van der Waals surface area contributed by atoms with E-state index in [2.05, 4.69) is 16.5 Å². The Bertz CT molecular complexity index is 1410. The number of carboxylic acids is 1. The molecule has 0 saturated carbocycles. The minimum absolute atomic E-state index is 0.208. The van der Waals surface area contributed by atoms with E-state index in [0.29, 0.717) is 26.2 Å². The second kappa shape index (κ2) is 8.43. The quantitative estimate of drug-likeness (QED) is 0.536. The molecule has 1 atom stereocenters. The fourth-order valence-corrected chi connectivity index (χ4v) is 4.97. The van der Waals surface area contributed by atoms with Gasteiger partial charge in [-0.1, -0.05) is 24.8 Å². The van der Waals surface area contributed by atoms with Gasteiger partial charge in [0.1, 0.15) is 0 Å². The zero-order valence-corrected chi connectivity index (χ0v) is 19.2. The highest BCUT2D eigenvalue weighted by atomic mass is 16.4. The third kappa shape index (κ3) is 3.74. The number of nitrogens with one attached hydrogen (secondary N) is 1. The highest BCUT2D eigenvalue weighted by Crippen LogP contribution is 2.41. The van der Waals surface area contributed by atoms with Crippen LogP contribution in [0.5, 0.6) is 0 Å². The largest absolute Gasteiger partial charge is 0.478 e. The highest BCUT2D eigenvalue weighted by Gasteiger charge is 2.44. The van der Waals surface area contributed by atoms with Gasteiger partial charge in [0.05, 0.1) is 18.0 Å². The number of benzene rings is 2. The summed E-state index contributed by atoms with van der Waals surface area (Å²) in [4.78, 5) is 51.5. The molecule has 1 aromatic heterocycles. The summed E-state index contributed by atoms with van der Waals surface area (Å²) in [6.45, 7) is 4.95. The van der Waals surface area contributed by atoms with E-state index in [-0.39, 0.29) is 23.4 Å². The number of amides is 4. The normalized spacial score (nSPS) is 16.9. The molecular formula is C26H24N4O5. The lowest BCUT2D eigenvalue weighted by molar-refractivity contribution is -0.132. The fraction of sp³-hybridized carbons (Fsp3) is 0.231. The molecule has 1 unspecified atom stereocenters. The number of carboxylic acid groups (broad SMARTS) is 1. The average Bonchev–Trinajstić information content (AvgIpc) is 3.17. The Balaban J connectivity index is 1.63. The molecule has 178 valence electrons. The summed E-state index contributed by atoms with van der Waals surface area (Å²) in [7, 11) is 1.51. The third-order valence-electron chi connectivity index (χ3n) is 6.75. The highest BCUT2D eigenvalue weighted by molar-refractivity contribution is 6.04. The van der Waals surface area contributed by atoms with Crippen LogP contribution in [-0.4, -0.2) is 56.9 Å². The van der Waals surface area contributed by atoms with Crippen LogP contribution in [0.15, 0.2) is 55.1 Å². The van der Waals surface area contributed by atoms with Crippen LogP contribution >= 0.6 is 0 Å². The summed E-state index contributed by atoms with van der Waals surface area (Å²) in [6.07, 6.45) is 1.22. The van der Waals surface area contributed by atoms with Gasteiger partial charge in [-0.05, 0) is 47.0 Å². The van der Waals surface area contributed by atoms with Crippen LogP contribution in [0.2, 0.25) is 0 Å². The van der Waals surface area contributed by atoms with Crippen molar-refractivity contribution >= 4 is 34.7 Å². The Morgan fingerprint density at radius 1 is 1.14 bits per heavy atom. The Labute approximate surface area is 201 Å². The second-order valence-electron chi connectivity index (χ2n) is 8.83. The number of aromatic carboxylic acids is 1. The molecule has 35 heavy (non-hydrogen) atoms. The summed E-state index contributed by atoms with van der Waals surface area (Å²) in [5.74, 6) is -1.97. The monoisotopic (exact) mass is 472 g/mol. The van der Waals surface area contributed by atoms with Crippen LogP contribution in [0.25, 0.3) is 10.9 Å². The van der Waals surface area contributed by atoms with E-state index in [1.165, 1.54) is 18.0 Å². The molecule has 1 fully saturated rings. The molecule has 3 heterocycles. The number of carbonyl (C=O) groups excluding carboxylic acids is 3. The van der Waals surface area contributed by atoms with Gasteiger partial charge in [0, 0.05) is 43.3 Å². The minimum atomic E-state index is -0.988. The van der Waals surface area contributed by atoms with Gasteiger partial charge in [-0.2, -0.15) is 0 Å². The summed E-state index contributed by atoms with van der Waals surface area (Å²) in [5, 5.41) is 12.9. The van der Waals surface area contributed by atoms with Gasteiger partial charge in [-0.25, -0.2) is 9.59 Å². The van der Waals surface area contributed by atoms with Crippen molar-refractivity contribution < 1.29 is 24.3 Å². The first-order chi connectivity index (χ1) is 16.8. The van der Waals surface area contributed by atoms with Crippen LogP contribution in [0.1, 0.15) is 38.7 Å². The maximum Gasteiger partial charge on any atom is 0.335 e. The zero-order valence-electron chi connectivity index (χ0n) is 19.2. The SMILES string of the molecule is C=CC(=O)NCc1ccc2c(c1)c1c(n2Cc2ccc(C(=O)O)cc2)CN2CC1C(=O)N(C)C2=O. The van der Waals surface area contributed by atoms with Crippen molar-refractivity contribution in [2.75, 3.05) is 13.6 Å². The molecule has 0 radical (unpaired) electrons. The molecule has 2 bridgehead atoms. The maximum absolute atomic E-state index is 13.1. The number of nitrogens with zero attached hydrogens (tertiary/aromatic N) is 3. The maximum atomic E-state index is 13.1. The number of carbonyl (C=O) groups is 4. The second-order valence-corrected chi connectivity index (χ2v) is 8.83. The van der Waals surface area contributed by atoms with Crippen molar-refractivity contribution in [2.24, 2.45) is 0 Å². The van der Waals surface area contributed by atoms with Crippen LogP contribution in [-0.2, 0) is 29.2 Å². The molecule has 9 nitrogen and oxygen atoms in total. The molecule has 2 N–H and O–H groups in total. The topological polar surface area (TPSA) is 112 Å². The molecule has 9 heteroatoms. The molecule has 0 spiro atoms. The molecule has 0 aliphatic carbocycles. The van der Waals surface area contributed by atoms with Crippen molar-refractivity contribution in [2.45, 2.75) is 25.6 Å². The van der Waals surface area contributed by atoms with Gasteiger partial charge in [-0.3, -0.25) is 14.5 Å². The van der Waals surface area contributed by atoms with E-state index in [9.17, 15) is 24.3 Å². The standard InChI is InChI=1S/C26H24N4O5/c1-3-22(31)27-11-16-6-9-20-18(10-16)23-19-13-29(26(35)28(2)24(19)32)14-21(23)30(20)12-15-4-7-17(8-5-15)25(33)34/h3-10,19H,1,11-14H2,2H3,(H,27,31)(H,33,34). The summed E-state index contributed by atoms with van der Waals surface area (Å²) in [5.41, 5.74) is 4.69. The third-order valence-corrected chi connectivity index (χ3v) is 6.75. The predicted octanol–water partition coefficient (Wildman–Crippen LogP) is 2.68. The molecule has 2 aliphatic heterocycles. The summed E-state index contributed by atoms with van der Waals surface area (Å²) >= 11 is 0. The number of urea groups is 1. The van der Waals surface area contributed by atoms with E-state index < -0.39 is 11.9 Å². The van der Waals surface area contributed by atoms with E-state index in [1.54, 1.807) is 29.2 Å². The number of hydrogen-bond donors (Lipinski definition) is 2. The van der Waals surface area contributed by atoms with E-state index in [0.717, 1.165) is 33.3 Å². The van der Waals surface area contributed by atoms with Gasteiger partial charge >= 0.3 is 12.0 Å². The number of imide groups is 1. The molecule has 5 rings (SSSR count). The van der Waals surface area contributed by atoms with Crippen molar-refractivity contribution in [3.63, 3.8) is 0 Å². The van der Waals surface area contributed by atoms with E-state index >= 15 is 0 Å². The van der Waals surface area contributed by atoms with Crippen LogP contribution in [0, 0.1) is 0 Å². The lowest BCUT2D eigenvalue weighted by Crippen LogP contribution is -2.56. The van der Waals surface area contributed by atoms with Crippen LogP contribution in [0.3, 0.4) is 0 Å². The first-order valence-corrected chi connectivity index (χ1v) is 11.2. The average molecular weight is 473 g/mol. The number of hydrogen-bond acceptors (Lipinski definition) is 4. The molecule has 3 aromatic rings. The molecule has 2 aliphatic rings.